The summed E-state index contributed by atoms with van der Waals surface area (Å²) in [5.41, 5.74) is 0. The van der Waals surface area contributed by atoms with Crippen LogP contribution in [0, 0.1) is 0 Å². The molecule has 1 aliphatic rings. The molecular weight excluding hydrogens is 634 g/mol. The average Bonchev–Trinajstić information content (AvgIpc) is 3.11. The van der Waals surface area contributed by atoms with E-state index in [4.69, 9.17) is 9.47 Å². The Morgan fingerprint density at radius 3 is 1.62 bits per heavy atom. The molecule has 7 atom stereocenters. The molecule has 9 nitrogen and oxygen atoms in total. The number of aliphatic hydroxyl groups excluding tert-OH is 5. The van der Waals surface area contributed by atoms with Gasteiger partial charge in [-0.05, 0) is 38.5 Å². The van der Waals surface area contributed by atoms with Gasteiger partial charge in [-0.25, -0.2) is 0 Å². The largest absolute Gasteiger partial charge is 0.394 e. The molecule has 0 bridgehead atoms. The Labute approximate surface area is 306 Å². The highest BCUT2D eigenvalue weighted by Gasteiger charge is 2.44. The first-order valence-electron chi connectivity index (χ1n) is 20.9. The lowest BCUT2D eigenvalue weighted by molar-refractivity contribution is -0.302. The topological polar surface area (TPSA) is 149 Å². The molecule has 296 valence electrons. The van der Waals surface area contributed by atoms with Crippen LogP contribution in [0.25, 0.3) is 0 Å². The third-order valence-corrected chi connectivity index (χ3v) is 10.1. The maximum Gasteiger partial charge on any atom is 0.220 e. The zero-order valence-electron chi connectivity index (χ0n) is 32.2. The van der Waals surface area contributed by atoms with E-state index < -0.39 is 49.5 Å². The van der Waals surface area contributed by atoms with E-state index in [0.29, 0.717) is 12.8 Å². The average molecular weight is 714 g/mol. The Kier molecular flexibility index (Phi) is 30.6. The van der Waals surface area contributed by atoms with Gasteiger partial charge < -0.3 is 40.3 Å². The van der Waals surface area contributed by atoms with E-state index in [-0.39, 0.29) is 12.5 Å². The molecule has 50 heavy (non-hydrogen) atoms. The standard InChI is InChI=1S/C41H79NO8/c1-3-5-7-9-11-13-14-15-16-17-18-19-20-21-23-25-27-29-31-37(45)42-34(35(44)30-28-26-24-22-12-10-8-6-4-2)33-49-41-40(48)39(47)38(46)36(32-43)50-41/h16-17,34-36,38-41,43-44,46-48H,3-15,18-33H2,1-2H3,(H,42,45)/b17-16-. The van der Waals surface area contributed by atoms with Crippen LogP contribution in [-0.4, -0.2) is 87.5 Å². The minimum atomic E-state index is -1.55. The molecule has 7 unspecified atom stereocenters. The number of hydrogen-bond donors (Lipinski definition) is 6. The highest BCUT2D eigenvalue weighted by Crippen LogP contribution is 2.23. The Bertz CT molecular complexity index is 797. The Morgan fingerprint density at radius 1 is 0.660 bits per heavy atom. The van der Waals surface area contributed by atoms with Crippen molar-refractivity contribution in [1.82, 2.24) is 5.32 Å². The maximum absolute atomic E-state index is 12.9. The van der Waals surface area contributed by atoms with Crippen LogP contribution in [0.1, 0.15) is 187 Å². The number of ether oxygens (including phenoxy) is 2. The monoisotopic (exact) mass is 714 g/mol. The van der Waals surface area contributed by atoms with E-state index in [1.54, 1.807) is 0 Å². The lowest BCUT2D eigenvalue weighted by Gasteiger charge is -2.40. The lowest BCUT2D eigenvalue weighted by atomic mass is 9.99. The van der Waals surface area contributed by atoms with E-state index >= 15 is 0 Å². The molecule has 1 amide bonds. The Balaban J connectivity index is 2.32. The number of aliphatic hydroxyl groups is 5. The number of unbranched alkanes of at least 4 members (excludes halogenated alkanes) is 22. The predicted octanol–water partition coefficient (Wildman–Crippen LogP) is 7.78. The van der Waals surface area contributed by atoms with Gasteiger partial charge >= 0.3 is 0 Å². The summed E-state index contributed by atoms with van der Waals surface area (Å²) in [5.74, 6) is -0.151. The summed E-state index contributed by atoms with van der Waals surface area (Å²) in [6.45, 7) is 3.79. The summed E-state index contributed by atoms with van der Waals surface area (Å²) in [6, 6.07) is -0.714. The minimum Gasteiger partial charge on any atom is -0.394 e. The maximum atomic E-state index is 12.9. The van der Waals surface area contributed by atoms with Gasteiger partial charge in [0.05, 0.1) is 25.4 Å². The molecule has 1 fully saturated rings. The molecule has 0 saturated carbocycles. The summed E-state index contributed by atoms with van der Waals surface area (Å²) in [4.78, 5) is 12.9. The van der Waals surface area contributed by atoms with Gasteiger partial charge in [-0.3, -0.25) is 4.79 Å². The number of allylic oxidation sites excluding steroid dienone is 2. The zero-order chi connectivity index (χ0) is 36.7. The summed E-state index contributed by atoms with van der Waals surface area (Å²) in [5, 5.41) is 54.0. The van der Waals surface area contributed by atoms with Crippen LogP contribution in [0.4, 0.5) is 0 Å². The zero-order valence-corrected chi connectivity index (χ0v) is 32.2. The number of hydrogen-bond acceptors (Lipinski definition) is 8. The minimum absolute atomic E-state index is 0.138. The third-order valence-electron chi connectivity index (χ3n) is 10.1. The van der Waals surface area contributed by atoms with Crippen molar-refractivity contribution in [2.24, 2.45) is 0 Å². The van der Waals surface area contributed by atoms with Gasteiger partial charge in [0.2, 0.25) is 5.91 Å². The number of nitrogens with one attached hydrogen (secondary N) is 1. The van der Waals surface area contributed by atoms with Gasteiger partial charge in [0, 0.05) is 6.42 Å². The van der Waals surface area contributed by atoms with Crippen LogP contribution >= 0.6 is 0 Å². The van der Waals surface area contributed by atoms with Crippen LogP contribution in [0.2, 0.25) is 0 Å². The molecule has 1 rings (SSSR count). The van der Waals surface area contributed by atoms with Crippen molar-refractivity contribution < 1.29 is 39.8 Å². The fourth-order valence-electron chi connectivity index (χ4n) is 6.68. The highest BCUT2D eigenvalue weighted by molar-refractivity contribution is 5.76. The Hall–Kier alpha value is -1.07. The van der Waals surface area contributed by atoms with Crippen molar-refractivity contribution in [1.29, 1.82) is 0 Å². The molecule has 1 heterocycles. The van der Waals surface area contributed by atoms with Crippen molar-refractivity contribution in [3.63, 3.8) is 0 Å². The number of carbonyl (C=O) groups excluding carboxylic acids is 1. The van der Waals surface area contributed by atoms with Gasteiger partial charge in [0.15, 0.2) is 6.29 Å². The molecule has 0 radical (unpaired) electrons. The van der Waals surface area contributed by atoms with Crippen LogP contribution < -0.4 is 5.32 Å². The smallest absolute Gasteiger partial charge is 0.220 e. The highest BCUT2D eigenvalue weighted by atomic mass is 16.7. The van der Waals surface area contributed by atoms with Crippen LogP contribution in [-0.2, 0) is 14.3 Å². The molecule has 1 saturated heterocycles. The fourth-order valence-corrected chi connectivity index (χ4v) is 6.68. The van der Waals surface area contributed by atoms with Gasteiger partial charge in [-0.1, -0.05) is 154 Å². The summed E-state index contributed by atoms with van der Waals surface area (Å²) in [7, 11) is 0. The molecule has 0 spiro atoms. The number of rotatable bonds is 34. The second kappa shape index (κ2) is 32.6. The second-order valence-corrected chi connectivity index (χ2v) is 14.8. The van der Waals surface area contributed by atoms with Crippen molar-refractivity contribution in [2.75, 3.05) is 13.2 Å². The third kappa shape index (κ3) is 23.5. The van der Waals surface area contributed by atoms with Gasteiger partial charge in [0.25, 0.3) is 0 Å². The fraction of sp³-hybridized carbons (Fsp3) is 0.927. The van der Waals surface area contributed by atoms with E-state index in [2.05, 4.69) is 31.3 Å². The SMILES string of the molecule is CCCCCCCCC/C=C\CCCCCCCCCC(=O)NC(COC1OC(CO)C(O)C(O)C1O)C(O)CCCCCCCCCCC. The molecular formula is C41H79NO8. The Morgan fingerprint density at radius 2 is 1.12 bits per heavy atom. The molecule has 0 aromatic carbocycles. The van der Waals surface area contributed by atoms with Gasteiger partial charge in [-0.15, -0.1) is 0 Å². The van der Waals surface area contributed by atoms with E-state index in [1.165, 1.54) is 122 Å². The summed E-state index contributed by atoms with van der Waals surface area (Å²) in [6.07, 6.45) is 28.0. The molecule has 0 aliphatic carbocycles. The quantitative estimate of drug-likeness (QED) is 0.0293. The first-order valence-corrected chi connectivity index (χ1v) is 20.9. The second-order valence-electron chi connectivity index (χ2n) is 14.8. The summed E-state index contributed by atoms with van der Waals surface area (Å²) < 4.78 is 11.2. The molecule has 0 aromatic heterocycles. The van der Waals surface area contributed by atoms with Crippen molar-refractivity contribution in [3.05, 3.63) is 12.2 Å². The van der Waals surface area contributed by atoms with Crippen LogP contribution in [0.15, 0.2) is 12.2 Å². The normalized spacial score (nSPS) is 22.3. The summed E-state index contributed by atoms with van der Waals surface area (Å²) >= 11 is 0. The van der Waals surface area contributed by atoms with Crippen molar-refractivity contribution >= 4 is 5.91 Å². The van der Waals surface area contributed by atoms with Crippen LogP contribution in [0.5, 0.6) is 0 Å². The van der Waals surface area contributed by atoms with Crippen molar-refractivity contribution in [2.45, 2.75) is 230 Å². The first kappa shape index (κ1) is 47.0. The predicted molar refractivity (Wildman–Crippen MR) is 203 cm³/mol. The number of carbonyl (C=O) groups is 1. The first-order chi connectivity index (χ1) is 24.3. The molecule has 6 N–H and O–H groups in total. The molecule has 1 aliphatic heterocycles. The van der Waals surface area contributed by atoms with Crippen molar-refractivity contribution in [3.8, 4) is 0 Å². The van der Waals surface area contributed by atoms with E-state index in [1.807, 2.05) is 0 Å². The van der Waals surface area contributed by atoms with Crippen LogP contribution in [0.3, 0.4) is 0 Å². The van der Waals surface area contributed by atoms with E-state index in [0.717, 1.165) is 38.5 Å². The van der Waals surface area contributed by atoms with E-state index in [9.17, 15) is 30.3 Å². The molecule has 0 aromatic rings. The van der Waals surface area contributed by atoms with Gasteiger partial charge in [0.1, 0.15) is 24.4 Å². The lowest BCUT2D eigenvalue weighted by Crippen LogP contribution is -2.60. The molecule has 9 heteroatoms. The number of amides is 1. The van der Waals surface area contributed by atoms with Gasteiger partial charge in [-0.2, -0.15) is 0 Å².